The van der Waals surface area contributed by atoms with E-state index in [2.05, 4.69) is 5.32 Å². The average Bonchev–Trinajstić information content (AvgIpc) is 2.30. The van der Waals surface area contributed by atoms with E-state index in [4.69, 9.17) is 9.84 Å². The quantitative estimate of drug-likeness (QED) is 0.666. The summed E-state index contributed by atoms with van der Waals surface area (Å²) in [6.45, 7) is 0.927. The van der Waals surface area contributed by atoms with Crippen molar-refractivity contribution in [2.75, 3.05) is 25.6 Å². The second kappa shape index (κ2) is 6.88. The molecule has 1 rings (SSSR count). The number of aliphatic hydroxyl groups excluding tert-OH is 1. The molecule has 1 aromatic rings. The maximum atomic E-state index is 10.6. The highest BCUT2D eigenvalue weighted by Gasteiger charge is 2.03. The molecule has 94 valence electrons. The highest BCUT2D eigenvalue weighted by molar-refractivity contribution is 5.87. The number of aromatic carboxylic acids is 1. The Morgan fingerprint density at radius 2 is 2.06 bits per heavy atom. The SMILES string of the molecule is COCC(O)CCNc1ccc(C(=O)O)cc1. The number of hydrogen-bond donors (Lipinski definition) is 3. The van der Waals surface area contributed by atoms with Crippen LogP contribution in [0, 0.1) is 0 Å². The Bertz CT molecular complexity index is 350. The molecule has 0 spiro atoms. The zero-order chi connectivity index (χ0) is 12.7. The first-order valence-corrected chi connectivity index (χ1v) is 5.37. The van der Waals surface area contributed by atoms with Crippen LogP contribution in [-0.4, -0.2) is 42.5 Å². The van der Waals surface area contributed by atoms with Crippen LogP contribution in [0.3, 0.4) is 0 Å². The summed E-state index contributed by atoms with van der Waals surface area (Å²) in [5.41, 5.74) is 1.09. The second-order valence-electron chi connectivity index (χ2n) is 3.71. The summed E-state index contributed by atoms with van der Waals surface area (Å²) in [6.07, 6.45) is 0.0972. The number of anilines is 1. The van der Waals surface area contributed by atoms with E-state index in [1.807, 2.05) is 0 Å². The van der Waals surface area contributed by atoms with Crippen LogP contribution in [0.4, 0.5) is 5.69 Å². The van der Waals surface area contributed by atoms with Gasteiger partial charge >= 0.3 is 5.97 Å². The molecule has 3 N–H and O–H groups in total. The Morgan fingerprint density at radius 1 is 1.41 bits per heavy atom. The average molecular weight is 239 g/mol. The fourth-order valence-electron chi connectivity index (χ4n) is 1.39. The van der Waals surface area contributed by atoms with Crippen LogP contribution in [0.2, 0.25) is 0 Å². The fraction of sp³-hybridized carbons (Fsp3) is 0.417. The monoisotopic (exact) mass is 239 g/mol. The molecular formula is C12H17NO4. The van der Waals surface area contributed by atoms with Gasteiger partial charge in [-0.15, -0.1) is 0 Å². The summed E-state index contributed by atoms with van der Waals surface area (Å²) < 4.78 is 4.81. The maximum Gasteiger partial charge on any atom is 0.335 e. The summed E-state index contributed by atoms with van der Waals surface area (Å²) in [5, 5.41) is 21.2. The lowest BCUT2D eigenvalue weighted by Gasteiger charge is -2.10. The van der Waals surface area contributed by atoms with Gasteiger partial charge in [0, 0.05) is 19.3 Å². The standard InChI is InChI=1S/C12H17NO4/c1-17-8-11(14)6-7-13-10-4-2-9(3-5-10)12(15)16/h2-5,11,13-14H,6-8H2,1H3,(H,15,16). The van der Waals surface area contributed by atoms with Gasteiger partial charge in [-0.1, -0.05) is 0 Å². The minimum atomic E-state index is -0.938. The normalized spacial score (nSPS) is 12.1. The lowest BCUT2D eigenvalue weighted by Crippen LogP contribution is -2.18. The summed E-state index contributed by atoms with van der Waals surface area (Å²) in [4.78, 5) is 10.6. The van der Waals surface area contributed by atoms with Crippen LogP contribution in [-0.2, 0) is 4.74 Å². The van der Waals surface area contributed by atoms with Crippen LogP contribution >= 0.6 is 0 Å². The van der Waals surface area contributed by atoms with Gasteiger partial charge in [-0.3, -0.25) is 0 Å². The Morgan fingerprint density at radius 3 is 2.59 bits per heavy atom. The third-order valence-corrected chi connectivity index (χ3v) is 2.30. The number of methoxy groups -OCH3 is 1. The molecule has 0 aliphatic rings. The van der Waals surface area contributed by atoms with Gasteiger partial charge in [0.15, 0.2) is 0 Å². The third kappa shape index (κ3) is 4.84. The first-order chi connectivity index (χ1) is 8.13. The number of hydrogen-bond acceptors (Lipinski definition) is 4. The highest BCUT2D eigenvalue weighted by Crippen LogP contribution is 2.09. The molecule has 1 atom stereocenters. The van der Waals surface area contributed by atoms with Gasteiger partial charge in [0.25, 0.3) is 0 Å². The summed E-state index contributed by atoms with van der Waals surface area (Å²) in [5.74, 6) is -0.938. The lowest BCUT2D eigenvalue weighted by molar-refractivity contribution is 0.0615. The van der Waals surface area contributed by atoms with Crippen molar-refractivity contribution in [1.82, 2.24) is 0 Å². The van der Waals surface area contributed by atoms with Crippen molar-refractivity contribution >= 4 is 11.7 Å². The molecule has 0 aliphatic carbocycles. The molecule has 0 aromatic heterocycles. The van der Waals surface area contributed by atoms with E-state index >= 15 is 0 Å². The zero-order valence-corrected chi connectivity index (χ0v) is 9.72. The van der Waals surface area contributed by atoms with Gasteiger partial charge in [0.05, 0.1) is 18.3 Å². The number of benzene rings is 1. The molecule has 5 nitrogen and oxygen atoms in total. The summed E-state index contributed by atoms with van der Waals surface area (Å²) >= 11 is 0. The number of aliphatic hydroxyl groups is 1. The van der Waals surface area contributed by atoms with E-state index < -0.39 is 12.1 Å². The molecule has 0 radical (unpaired) electrons. The van der Waals surface area contributed by atoms with Crippen LogP contribution in [0.1, 0.15) is 16.8 Å². The topological polar surface area (TPSA) is 78.8 Å². The van der Waals surface area contributed by atoms with Gasteiger partial charge in [0.2, 0.25) is 0 Å². The molecule has 0 fully saturated rings. The molecule has 1 unspecified atom stereocenters. The first-order valence-electron chi connectivity index (χ1n) is 5.37. The van der Waals surface area contributed by atoms with Crippen molar-refractivity contribution in [1.29, 1.82) is 0 Å². The molecule has 0 amide bonds. The fourth-order valence-corrected chi connectivity index (χ4v) is 1.39. The van der Waals surface area contributed by atoms with Gasteiger partial charge in [-0.25, -0.2) is 4.79 Å². The number of carboxylic acid groups (broad SMARTS) is 1. The van der Waals surface area contributed by atoms with Crippen molar-refractivity contribution in [2.24, 2.45) is 0 Å². The highest BCUT2D eigenvalue weighted by atomic mass is 16.5. The van der Waals surface area contributed by atoms with Crippen LogP contribution in [0.15, 0.2) is 24.3 Å². The smallest absolute Gasteiger partial charge is 0.335 e. The molecule has 0 heterocycles. The number of carboxylic acids is 1. The Labute approximate surface area is 100 Å². The lowest BCUT2D eigenvalue weighted by atomic mass is 10.2. The van der Waals surface area contributed by atoms with E-state index in [9.17, 15) is 9.90 Å². The van der Waals surface area contributed by atoms with Crippen molar-refractivity contribution < 1.29 is 19.7 Å². The minimum absolute atomic E-state index is 0.259. The van der Waals surface area contributed by atoms with Crippen molar-refractivity contribution in [3.8, 4) is 0 Å². The molecule has 0 saturated heterocycles. The van der Waals surface area contributed by atoms with E-state index in [-0.39, 0.29) is 5.56 Å². The second-order valence-corrected chi connectivity index (χ2v) is 3.71. The third-order valence-electron chi connectivity index (χ3n) is 2.30. The largest absolute Gasteiger partial charge is 0.478 e. The van der Waals surface area contributed by atoms with Crippen LogP contribution in [0.25, 0.3) is 0 Å². The maximum absolute atomic E-state index is 10.6. The molecule has 0 saturated carbocycles. The number of nitrogens with one attached hydrogen (secondary N) is 1. The number of rotatable bonds is 7. The van der Waals surface area contributed by atoms with E-state index in [1.54, 1.807) is 19.2 Å². The van der Waals surface area contributed by atoms with Crippen molar-refractivity contribution in [3.05, 3.63) is 29.8 Å². The minimum Gasteiger partial charge on any atom is -0.478 e. The van der Waals surface area contributed by atoms with Gasteiger partial charge < -0.3 is 20.3 Å². The predicted octanol–water partition coefficient (Wildman–Crippen LogP) is 1.19. The van der Waals surface area contributed by atoms with Crippen molar-refractivity contribution in [2.45, 2.75) is 12.5 Å². The molecule has 5 heteroatoms. The van der Waals surface area contributed by atoms with E-state index in [0.29, 0.717) is 19.6 Å². The summed E-state index contributed by atoms with van der Waals surface area (Å²) in [6, 6.07) is 6.48. The van der Waals surface area contributed by atoms with Gasteiger partial charge in [0.1, 0.15) is 0 Å². The number of carbonyl (C=O) groups is 1. The van der Waals surface area contributed by atoms with Crippen LogP contribution < -0.4 is 5.32 Å². The Hall–Kier alpha value is -1.59. The zero-order valence-electron chi connectivity index (χ0n) is 9.72. The van der Waals surface area contributed by atoms with Crippen LogP contribution in [0.5, 0.6) is 0 Å². The van der Waals surface area contributed by atoms with E-state index in [0.717, 1.165) is 5.69 Å². The first kappa shape index (κ1) is 13.5. The molecule has 0 bridgehead atoms. The molecule has 0 aliphatic heterocycles. The molecule has 1 aromatic carbocycles. The molecule has 17 heavy (non-hydrogen) atoms. The van der Waals surface area contributed by atoms with Crippen molar-refractivity contribution in [3.63, 3.8) is 0 Å². The van der Waals surface area contributed by atoms with Gasteiger partial charge in [-0.2, -0.15) is 0 Å². The summed E-state index contributed by atoms with van der Waals surface area (Å²) in [7, 11) is 1.54. The van der Waals surface area contributed by atoms with Gasteiger partial charge in [-0.05, 0) is 30.7 Å². The Kier molecular flexibility index (Phi) is 5.45. The predicted molar refractivity (Wildman–Crippen MR) is 64.4 cm³/mol. The Balaban J connectivity index is 2.34. The van der Waals surface area contributed by atoms with E-state index in [1.165, 1.54) is 12.1 Å². The number of ether oxygens (including phenoxy) is 1. The molecular weight excluding hydrogens is 222 g/mol.